The summed E-state index contributed by atoms with van der Waals surface area (Å²) >= 11 is 0. The predicted octanol–water partition coefficient (Wildman–Crippen LogP) is 3.79. The standard InChI is InChI=1S/C27H30N8O2/c1-3-37-21-13-22(26-23-16-30-31-27(23)32-35(26)18-21)20-6-7-24(28-15-20)34-10-4-9-33(11-12-34)17-19-5-8-25(36-2)29-14-19/h5-8,13-16,18H,3-4,9-12,17H2,1-2H3,(H,31,32). The third-order valence-corrected chi connectivity index (χ3v) is 6.80. The Morgan fingerprint density at radius 3 is 2.73 bits per heavy atom. The summed E-state index contributed by atoms with van der Waals surface area (Å²) in [6.45, 7) is 7.38. The highest BCUT2D eigenvalue weighted by Crippen LogP contribution is 2.33. The molecule has 0 amide bonds. The minimum absolute atomic E-state index is 0.587. The Balaban J connectivity index is 1.20. The van der Waals surface area contributed by atoms with Gasteiger partial charge in [-0.05, 0) is 37.1 Å². The van der Waals surface area contributed by atoms with Gasteiger partial charge in [-0.15, -0.1) is 5.10 Å². The molecule has 6 rings (SSSR count). The van der Waals surface area contributed by atoms with Crippen molar-refractivity contribution in [2.45, 2.75) is 19.9 Å². The van der Waals surface area contributed by atoms with Gasteiger partial charge in [-0.25, -0.2) is 14.5 Å². The van der Waals surface area contributed by atoms with Crippen LogP contribution in [0.2, 0.25) is 0 Å². The van der Waals surface area contributed by atoms with E-state index in [9.17, 15) is 0 Å². The maximum absolute atomic E-state index is 5.82. The second-order valence-electron chi connectivity index (χ2n) is 9.18. The molecule has 1 aliphatic heterocycles. The van der Waals surface area contributed by atoms with E-state index in [1.54, 1.807) is 7.11 Å². The molecule has 1 saturated heterocycles. The Kier molecular flexibility index (Phi) is 6.32. The first-order chi connectivity index (χ1) is 18.2. The van der Waals surface area contributed by atoms with Crippen LogP contribution in [0.25, 0.3) is 27.7 Å². The van der Waals surface area contributed by atoms with Crippen LogP contribution < -0.4 is 14.4 Å². The van der Waals surface area contributed by atoms with Crippen LogP contribution in [0.3, 0.4) is 0 Å². The topological polar surface area (TPSA) is 96.7 Å². The van der Waals surface area contributed by atoms with E-state index in [2.05, 4.69) is 54.3 Å². The Bertz CT molecular complexity index is 1490. The van der Waals surface area contributed by atoms with Crippen LogP contribution in [-0.4, -0.2) is 74.6 Å². The molecule has 1 N–H and O–H groups in total. The molecule has 0 unspecified atom stereocenters. The van der Waals surface area contributed by atoms with Gasteiger partial charge in [0, 0.05) is 62.3 Å². The minimum atomic E-state index is 0.587. The van der Waals surface area contributed by atoms with E-state index in [-0.39, 0.29) is 0 Å². The normalized spacial score (nSPS) is 14.8. The van der Waals surface area contributed by atoms with Crippen LogP contribution in [0.15, 0.2) is 55.1 Å². The monoisotopic (exact) mass is 498 g/mol. The van der Waals surface area contributed by atoms with Gasteiger partial charge in [-0.1, -0.05) is 6.07 Å². The summed E-state index contributed by atoms with van der Waals surface area (Å²) < 4.78 is 12.8. The largest absolute Gasteiger partial charge is 0.492 e. The quantitative estimate of drug-likeness (QED) is 0.362. The number of nitrogens with zero attached hydrogens (tertiary/aromatic N) is 7. The molecule has 1 fully saturated rings. The fourth-order valence-electron chi connectivity index (χ4n) is 4.98. The zero-order chi connectivity index (χ0) is 25.2. The molecule has 0 radical (unpaired) electrons. The number of anilines is 1. The van der Waals surface area contributed by atoms with Gasteiger partial charge in [0.15, 0.2) is 5.65 Å². The summed E-state index contributed by atoms with van der Waals surface area (Å²) in [6.07, 6.45) is 8.65. The van der Waals surface area contributed by atoms with E-state index in [0.717, 1.165) is 78.4 Å². The Morgan fingerprint density at radius 2 is 1.95 bits per heavy atom. The van der Waals surface area contributed by atoms with Crippen LogP contribution in [0.1, 0.15) is 18.9 Å². The Morgan fingerprint density at radius 1 is 1.00 bits per heavy atom. The molecule has 37 heavy (non-hydrogen) atoms. The molecule has 0 aliphatic carbocycles. The van der Waals surface area contributed by atoms with Crippen molar-refractivity contribution in [1.82, 2.24) is 34.7 Å². The molecular weight excluding hydrogens is 468 g/mol. The number of hydrogen-bond acceptors (Lipinski definition) is 8. The van der Waals surface area contributed by atoms with E-state index >= 15 is 0 Å². The summed E-state index contributed by atoms with van der Waals surface area (Å²) in [5, 5.41) is 12.7. The third kappa shape index (κ3) is 4.67. The molecule has 190 valence electrons. The average molecular weight is 499 g/mol. The van der Waals surface area contributed by atoms with Crippen molar-refractivity contribution in [1.29, 1.82) is 0 Å². The van der Waals surface area contributed by atoms with E-state index in [4.69, 9.17) is 14.5 Å². The highest BCUT2D eigenvalue weighted by molar-refractivity contribution is 6.00. The summed E-state index contributed by atoms with van der Waals surface area (Å²) in [7, 11) is 1.64. The number of rotatable bonds is 7. The highest BCUT2D eigenvalue weighted by Gasteiger charge is 2.18. The van der Waals surface area contributed by atoms with Crippen molar-refractivity contribution >= 4 is 22.4 Å². The van der Waals surface area contributed by atoms with Crippen molar-refractivity contribution < 1.29 is 9.47 Å². The van der Waals surface area contributed by atoms with Crippen molar-refractivity contribution in [3.8, 4) is 22.8 Å². The predicted molar refractivity (Wildman–Crippen MR) is 142 cm³/mol. The number of hydrogen-bond donors (Lipinski definition) is 1. The number of pyridine rings is 3. The zero-order valence-electron chi connectivity index (χ0n) is 21.1. The van der Waals surface area contributed by atoms with Gasteiger partial charge in [0.05, 0.1) is 37.0 Å². The summed E-state index contributed by atoms with van der Waals surface area (Å²) in [5.41, 5.74) is 4.97. The highest BCUT2D eigenvalue weighted by atomic mass is 16.5. The van der Waals surface area contributed by atoms with Gasteiger partial charge in [-0.3, -0.25) is 10.00 Å². The zero-order valence-corrected chi connectivity index (χ0v) is 21.1. The summed E-state index contributed by atoms with van der Waals surface area (Å²) in [4.78, 5) is 14.1. The van der Waals surface area contributed by atoms with Crippen molar-refractivity contribution in [2.24, 2.45) is 0 Å². The molecule has 0 saturated carbocycles. The lowest BCUT2D eigenvalue weighted by Crippen LogP contribution is -2.30. The van der Waals surface area contributed by atoms with Gasteiger partial charge >= 0.3 is 0 Å². The van der Waals surface area contributed by atoms with Crippen molar-refractivity contribution in [3.05, 3.63) is 60.7 Å². The van der Waals surface area contributed by atoms with Crippen LogP contribution in [0, 0.1) is 0 Å². The number of fused-ring (bicyclic) bond motifs is 3. The van der Waals surface area contributed by atoms with Crippen molar-refractivity contribution in [3.63, 3.8) is 0 Å². The summed E-state index contributed by atoms with van der Waals surface area (Å²) in [6, 6.07) is 10.3. The van der Waals surface area contributed by atoms with Gasteiger partial charge in [-0.2, -0.15) is 5.10 Å². The molecule has 1 aliphatic rings. The van der Waals surface area contributed by atoms with Crippen LogP contribution in [0.5, 0.6) is 11.6 Å². The smallest absolute Gasteiger partial charge is 0.212 e. The molecule has 10 nitrogen and oxygen atoms in total. The summed E-state index contributed by atoms with van der Waals surface area (Å²) in [5.74, 6) is 2.41. The van der Waals surface area contributed by atoms with Gasteiger partial charge < -0.3 is 14.4 Å². The van der Waals surface area contributed by atoms with Crippen LogP contribution in [0.4, 0.5) is 5.82 Å². The van der Waals surface area contributed by atoms with Gasteiger partial charge in [0.1, 0.15) is 11.6 Å². The van der Waals surface area contributed by atoms with Crippen LogP contribution >= 0.6 is 0 Å². The first-order valence-corrected chi connectivity index (χ1v) is 12.6. The third-order valence-electron chi connectivity index (χ3n) is 6.80. The number of H-pyrrole nitrogens is 1. The lowest BCUT2D eigenvalue weighted by atomic mass is 10.1. The minimum Gasteiger partial charge on any atom is -0.492 e. The number of aromatic nitrogens is 6. The first-order valence-electron chi connectivity index (χ1n) is 12.6. The van der Waals surface area contributed by atoms with E-state index in [0.29, 0.717) is 12.5 Å². The maximum atomic E-state index is 5.82. The molecule has 5 aromatic rings. The van der Waals surface area contributed by atoms with Gasteiger partial charge in [0.25, 0.3) is 0 Å². The number of nitrogens with one attached hydrogen (secondary N) is 1. The van der Waals surface area contributed by atoms with E-state index in [1.165, 1.54) is 5.56 Å². The fraction of sp³-hybridized carbons (Fsp3) is 0.333. The number of methoxy groups -OCH3 is 1. The second-order valence-corrected chi connectivity index (χ2v) is 9.18. The SMILES string of the molecule is CCOc1cc(-c2ccc(N3CCCN(Cc4ccc(OC)nc4)CC3)nc2)c2c3cn[nH]c3nn2c1. The molecule has 10 heteroatoms. The number of ether oxygens (including phenoxy) is 2. The molecule has 5 aromatic heterocycles. The molecule has 6 heterocycles. The number of aromatic amines is 1. The Labute approximate surface area is 214 Å². The lowest BCUT2D eigenvalue weighted by Gasteiger charge is -2.23. The maximum Gasteiger partial charge on any atom is 0.212 e. The van der Waals surface area contributed by atoms with Gasteiger partial charge in [0.2, 0.25) is 5.88 Å². The Hall–Kier alpha value is -4.18. The molecule has 0 atom stereocenters. The molecule has 0 spiro atoms. The molecule has 0 bridgehead atoms. The molecular formula is C27H30N8O2. The fourth-order valence-corrected chi connectivity index (χ4v) is 4.98. The lowest BCUT2D eigenvalue weighted by molar-refractivity contribution is 0.285. The van der Waals surface area contributed by atoms with E-state index in [1.807, 2.05) is 42.3 Å². The van der Waals surface area contributed by atoms with E-state index < -0.39 is 0 Å². The molecule has 0 aromatic carbocycles. The average Bonchev–Trinajstić information content (AvgIpc) is 3.43. The van der Waals surface area contributed by atoms with Crippen molar-refractivity contribution in [2.75, 3.05) is 44.8 Å². The van der Waals surface area contributed by atoms with Crippen LogP contribution in [-0.2, 0) is 6.54 Å². The second kappa shape index (κ2) is 10.1. The first kappa shape index (κ1) is 23.2.